The third-order valence-corrected chi connectivity index (χ3v) is 5.32. The number of aromatic nitrogens is 2. The molecule has 0 radical (unpaired) electrons. The number of pyridine rings is 2. The molecule has 1 N–H and O–H groups in total. The van der Waals surface area contributed by atoms with Gasteiger partial charge in [-0.05, 0) is 31.0 Å². The molecule has 5 nitrogen and oxygen atoms in total. The molecule has 5 heteroatoms. The van der Waals surface area contributed by atoms with Crippen LogP contribution in [0.4, 0.5) is 0 Å². The topological polar surface area (TPSA) is 68.9 Å². The van der Waals surface area contributed by atoms with E-state index in [-0.39, 0.29) is 11.9 Å². The van der Waals surface area contributed by atoms with Gasteiger partial charge in [0, 0.05) is 22.6 Å². The minimum Gasteiger partial charge on any atom is -0.619 e. The Balaban J connectivity index is 1.81. The molecule has 0 aliphatic rings. The Morgan fingerprint density at radius 3 is 2.53 bits per heavy atom. The fourth-order valence-electron chi connectivity index (χ4n) is 3.81. The highest BCUT2D eigenvalue weighted by Gasteiger charge is 2.22. The van der Waals surface area contributed by atoms with E-state index in [0.717, 1.165) is 38.0 Å². The predicted octanol–water partition coefficient (Wildman–Crippen LogP) is 4.72. The van der Waals surface area contributed by atoms with Gasteiger partial charge >= 0.3 is 0 Å². The van der Waals surface area contributed by atoms with E-state index in [9.17, 15) is 10.0 Å². The molecular weight excluding hydrogens is 374 g/mol. The van der Waals surface area contributed by atoms with Gasteiger partial charge in [0.1, 0.15) is 0 Å². The maximum atomic E-state index is 13.5. The van der Waals surface area contributed by atoms with Crippen molar-refractivity contribution in [1.82, 2.24) is 10.3 Å². The van der Waals surface area contributed by atoms with E-state index in [2.05, 4.69) is 5.32 Å². The maximum Gasteiger partial charge on any atom is 0.252 e. The zero-order valence-corrected chi connectivity index (χ0v) is 17.0. The van der Waals surface area contributed by atoms with Gasteiger partial charge in [0.25, 0.3) is 5.91 Å². The van der Waals surface area contributed by atoms with Crippen LogP contribution in [-0.2, 0) is 0 Å². The molecule has 4 aromatic rings. The van der Waals surface area contributed by atoms with Crippen LogP contribution in [0.1, 0.15) is 40.9 Å². The minimum absolute atomic E-state index is 0.170. The Bertz CT molecular complexity index is 1210. The SMILES string of the molecule is CCC(NC(=O)c1c(C)c(-c2ccccc2)nc2ccccc12)c1ccc[n+]([O-])c1. The second-order valence-corrected chi connectivity index (χ2v) is 7.28. The summed E-state index contributed by atoms with van der Waals surface area (Å²) in [4.78, 5) is 18.3. The molecule has 1 amide bonds. The van der Waals surface area contributed by atoms with Crippen molar-refractivity contribution in [2.24, 2.45) is 0 Å². The van der Waals surface area contributed by atoms with Crippen LogP contribution in [0.3, 0.4) is 0 Å². The van der Waals surface area contributed by atoms with Crippen LogP contribution in [0.25, 0.3) is 22.2 Å². The second kappa shape index (κ2) is 8.33. The molecular formula is C25H23N3O2. The van der Waals surface area contributed by atoms with Crippen molar-refractivity contribution >= 4 is 16.8 Å². The average Bonchev–Trinajstić information content (AvgIpc) is 2.77. The van der Waals surface area contributed by atoms with Crippen LogP contribution in [0.15, 0.2) is 79.1 Å². The first-order valence-electron chi connectivity index (χ1n) is 10.0. The zero-order chi connectivity index (χ0) is 21.1. The second-order valence-electron chi connectivity index (χ2n) is 7.28. The van der Waals surface area contributed by atoms with Crippen molar-refractivity contribution in [3.8, 4) is 11.3 Å². The molecule has 30 heavy (non-hydrogen) atoms. The number of carbonyl (C=O) groups excluding carboxylic acids is 1. The van der Waals surface area contributed by atoms with Gasteiger partial charge in [0.05, 0.1) is 22.8 Å². The average molecular weight is 397 g/mol. The molecule has 150 valence electrons. The summed E-state index contributed by atoms with van der Waals surface area (Å²) in [6.45, 7) is 3.92. The number of nitrogens with zero attached hydrogens (tertiary/aromatic N) is 2. The number of hydrogen-bond donors (Lipinski definition) is 1. The highest BCUT2D eigenvalue weighted by Crippen LogP contribution is 2.30. The van der Waals surface area contributed by atoms with E-state index in [4.69, 9.17) is 4.98 Å². The molecule has 0 saturated carbocycles. The number of nitrogens with one attached hydrogen (secondary N) is 1. The Morgan fingerprint density at radius 1 is 1.07 bits per heavy atom. The fourth-order valence-corrected chi connectivity index (χ4v) is 3.81. The number of carbonyl (C=O) groups is 1. The van der Waals surface area contributed by atoms with Gasteiger partial charge in [-0.1, -0.05) is 55.5 Å². The van der Waals surface area contributed by atoms with Crippen molar-refractivity contribution in [3.05, 3.63) is 101 Å². The van der Waals surface area contributed by atoms with E-state index >= 15 is 0 Å². The lowest BCUT2D eigenvalue weighted by atomic mass is 9.96. The number of amides is 1. The summed E-state index contributed by atoms with van der Waals surface area (Å²) in [5.74, 6) is -0.170. The van der Waals surface area contributed by atoms with Gasteiger partial charge in [-0.15, -0.1) is 0 Å². The molecule has 2 heterocycles. The molecule has 1 unspecified atom stereocenters. The van der Waals surface area contributed by atoms with E-state index in [0.29, 0.717) is 12.0 Å². The highest BCUT2D eigenvalue weighted by molar-refractivity contribution is 6.09. The highest BCUT2D eigenvalue weighted by atomic mass is 16.5. The normalized spacial score (nSPS) is 11.9. The number of para-hydroxylation sites is 1. The first-order valence-corrected chi connectivity index (χ1v) is 10.0. The van der Waals surface area contributed by atoms with E-state index in [1.54, 1.807) is 6.07 Å². The van der Waals surface area contributed by atoms with Crippen LogP contribution in [0.5, 0.6) is 0 Å². The Morgan fingerprint density at radius 2 is 1.80 bits per heavy atom. The quantitative estimate of drug-likeness (QED) is 0.391. The van der Waals surface area contributed by atoms with Crippen LogP contribution < -0.4 is 10.0 Å². The van der Waals surface area contributed by atoms with E-state index in [1.165, 1.54) is 12.4 Å². The van der Waals surface area contributed by atoms with Crippen molar-refractivity contribution in [2.45, 2.75) is 26.3 Å². The third-order valence-electron chi connectivity index (χ3n) is 5.32. The number of hydrogen-bond acceptors (Lipinski definition) is 3. The van der Waals surface area contributed by atoms with Gasteiger partial charge in [0.15, 0.2) is 12.4 Å². The zero-order valence-electron chi connectivity index (χ0n) is 17.0. The smallest absolute Gasteiger partial charge is 0.252 e. The summed E-state index contributed by atoms with van der Waals surface area (Å²) in [6.07, 6.45) is 3.61. The van der Waals surface area contributed by atoms with E-state index < -0.39 is 0 Å². The fraction of sp³-hybridized carbons (Fsp3) is 0.160. The van der Waals surface area contributed by atoms with Gasteiger partial charge < -0.3 is 10.5 Å². The van der Waals surface area contributed by atoms with Gasteiger partial charge in [-0.25, -0.2) is 4.98 Å². The largest absolute Gasteiger partial charge is 0.619 e. The standard InChI is InChI=1S/C25H23N3O2/c1-3-21(19-12-9-15-28(30)16-19)27-25(29)23-17(2)24(18-10-5-4-6-11-18)26-22-14-8-7-13-20(22)23/h4-16,21H,3H2,1-2H3,(H,27,29). The van der Waals surface area contributed by atoms with Crippen molar-refractivity contribution in [2.75, 3.05) is 0 Å². The Hall–Kier alpha value is -3.73. The number of fused-ring (bicyclic) bond motifs is 1. The Kier molecular flexibility index (Phi) is 5.44. The van der Waals surface area contributed by atoms with Gasteiger partial charge in [0.2, 0.25) is 0 Å². The molecule has 0 fully saturated rings. The predicted molar refractivity (Wildman–Crippen MR) is 118 cm³/mol. The molecule has 0 aliphatic heterocycles. The molecule has 2 aromatic carbocycles. The monoisotopic (exact) mass is 397 g/mol. The molecule has 0 aliphatic carbocycles. The first kappa shape index (κ1) is 19.6. The van der Waals surface area contributed by atoms with Crippen molar-refractivity contribution < 1.29 is 9.52 Å². The molecule has 0 spiro atoms. The Labute approximate surface area is 175 Å². The van der Waals surface area contributed by atoms with Crippen LogP contribution in [0.2, 0.25) is 0 Å². The summed E-state index contributed by atoms with van der Waals surface area (Å²) in [7, 11) is 0. The summed E-state index contributed by atoms with van der Waals surface area (Å²) in [5, 5.41) is 15.6. The van der Waals surface area contributed by atoms with Crippen molar-refractivity contribution in [3.63, 3.8) is 0 Å². The van der Waals surface area contributed by atoms with Crippen molar-refractivity contribution in [1.29, 1.82) is 0 Å². The first-order chi connectivity index (χ1) is 14.6. The minimum atomic E-state index is -0.259. The molecule has 1 atom stereocenters. The van der Waals surface area contributed by atoms with Crippen LogP contribution in [-0.4, -0.2) is 10.9 Å². The maximum absolute atomic E-state index is 13.5. The van der Waals surface area contributed by atoms with Gasteiger partial charge in [-0.2, -0.15) is 4.73 Å². The molecule has 4 rings (SSSR count). The summed E-state index contributed by atoms with van der Waals surface area (Å²) in [6, 6.07) is 20.9. The third kappa shape index (κ3) is 3.74. The van der Waals surface area contributed by atoms with Crippen LogP contribution >= 0.6 is 0 Å². The van der Waals surface area contributed by atoms with E-state index in [1.807, 2.05) is 74.5 Å². The molecule has 2 aromatic heterocycles. The lowest BCUT2D eigenvalue weighted by molar-refractivity contribution is -0.606. The van der Waals surface area contributed by atoms with Crippen LogP contribution in [0, 0.1) is 12.1 Å². The lowest BCUT2D eigenvalue weighted by Crippen LogP contribution is -2.32. The number of rotatable bonds is 5. The summed E-state index contributed by atoms with van der Waals surface area (Å²) in [5.41, 5.74) is 4.77. The van der Waals surface area contributed by atoms with Gasteiger partial charge in [-0.3, -0.25) is 4.79 Å². The summed E-state index contributed by atoms with van der Waals surface area (Å²) >= 11 is 0. The molecule has 0 saturated heterocycles. The number of benzene rings is 2. The lowest BCUT2D eigenvalue weighted by Gasteiger charge is -2.19. The molecule has 0 bridgehead atoms. The summed E-state index contributed by atoms with van der Waals surface area (Å²) < 4.78 is 0.755.